The molecule has 1 saturated heterocycles. The first kappa shape index (κ1) is 13.7. The molecule has 1 aliphatic rings. The molecule has 4 heteroatoms. The molecular weight excluding hydrogens is 249 g/mol. The summed E-state index contributed by atoms with van der Waals surface area (Å²) in [5.41, 5.74) is 2.99. The average Bonchev–Trinajstić information content (AvgIpc) is 2.75. The van der Waals surface area contributed by atoms with Crippen LogP contribution in [0.25, 0.3) is 10.9 Å². The Morgan fingerprint density at radius 3 is 2.25 bits per heavy atom. The van der Waals surface area contributed by atoms with Gasteiger partial charge in [0.25, 0.3) is 0 Å². The van der Waals surface area contributed by atoms with Crippen molar-refractivity contribution in [2.45, 2.75) is 45.8 Å². The van der Waals surface area contributed by atoms with Gasteiger partial charge in [0.05, 0.1) is 11.2 Å². The second kappa shape index (κ2) is 4.12. The lowest BCUT2D eigenvalue weighted by Gasteiger charge is -2.32. The molecule has 1 aromatic heterocycles. The van der Waals surface area contributed by atoms with Crippen molar-refractivity contribution in [3.8, 4) is 0 Å². The van der Waals surface area contributed by atoms with Crippen LogP contribution in [0.3, 0.4) is 0 Å². The minimum Gasteiger partial charge on any atom is -0.399 e. The molecule has 0 aliphatic carbocycles. The van der Waals surface area contributed by atoms with Crippen LogP contribution in [-0.2, 0) is 16.4 Å². The molecule has 1 aliphatic heterocycles. The molecule has 0 spiro atoms. The maximum Gasteiger partial charge on any atom is 0.497 e. The first-order valence-corrected chi connectivity index (χ1v) is 7.12. The molecule has 3 nitrogen and oxygen atoms in total. The highest BCUT2D eigenvalue weighted by Gasteiger charge is 2.52. The predicted molar refractivity (Wildman–Crippen MR) is 83.4 cm³/mol. The Hall–Kier alpha value is -1.26. The standard InChI is InChI=1S/C16H22BNO2/c1-11-7-8-12-13(10-18(6)14(12)9-11)17-19-15(2,3)16(4,5)20-17/h7-10H,1-6H3. The van der Waals surface area contributed by atoms with E-state index in [4.69, 9.17) is 9.31 Å². The van der Waals surface area contributed by atoms with Gasteiger partial charge in [0.15, 0.2) is 0 Å². The Morgan fingerprint density at radius 1 is 1.05 bits per heavy atom. The van der Waals surface area contributed by atoms with Crippen LogP contribution in [0.4, 0.5) is 0 Å². The first-order valence-electron chi connectivity index (χ1n) is 7.12. The lowest BCUT2D eigenvalue weighted by atomic mass is 9.79. The molecule has 2 heterocycles. The summed E-state index contributed by atoms with van der Waals surface area (Å²) < 4.78 is 14.5. The molecule has 1 fully saturated rings. The van der Waals surface area contributed by atoms with Gasteiger partial charge in [0.1, 0.15) is 0 Å². The molecule has 106 valence electrons. The lowest BCUT2D eigenvalue weighted by Crippen LogP contribution is -2.41. The molecular formula is C16H22BNO2. The normalized spacial score (nSPS) is 20.8. The van der Waals surface area contributed by atoms with Crippen molar-refractivity contribution in [1.29, 1.82) is 0 Å². The van der Waals surface area contributed by atoms with Crippen LogP contribution < -0.4 is 5.46 Å². The summed E-state index contributed by atoms with van der Waals surface area (Å²) in [6.07, 6.45) is 2.12. The molecule has 0 unspecified atom stereocenters. The van der Waals surface area contributed by atoms with Gasteiger partial charge in [0.2, 0.25) is 0 Å². The molecule has 1 aromatic carbocycles. The Kier molecular flexibility index (Phi) is 2.83. The fourth-order valence-electron chi connectivity index (χ4n) is 2.68. The van der Waals surface area contributed by atoms with E-state index in [0.29, 0.717) is 0 Å². The van der Waals surface area contributed by atoms with Crippen molar-refractivity contribution in [2.24, 2.45) is 7.05 Å². The SMILES string of the molecule is Cc1ccc2c(B3OC(C)(C)C(C)(C)O3)cn(C)c2c1. The number of benzene rings is 1. The van der Waals surface area contributed by atoms with Crippen molar-refractivity contribution in [3.05, 3.63) is 30.0 Å². The second-order valence-electron chi connectivity index (χ2n) is 6.80. The first-order chi connectivity index (χ1) is 9.21. The Morgan fingerprint density at radius 2 is 1.65 bits per heavy atom. The van der Waals surface area contributed by atoms with Crippen molar-refractivity contribution in [2.75, 3.05) is 0 Å². The van der Waals surface area contributed by atoms with Crippen LogP contribution >= 0.6 is 0 Å². The van der Waals surface area contributed by atoms with Crippen LogP contribution in [-0.4, -0.2) is 22.9 Å². The number of hydrogen-bond donors (Lipinski definition) is 0. The third kappa shape index (κ3) is 1.90. The van der Waals surface area contributed by atoms with Gasteiger partial charge < -0.3 is 13.9 Å². The summed E-state index contributed by atoms with van der Waals surface area (Å²) in [4.78, 5) is 0. The van der Waals surface area contributed by atoms with Crippen molar-refractivity contribution < 1.29 is 9.31 Å². The van der Waals surface area contributed by atoms with E-state index in [1.54, 1.807) is 0 Å². The molecule has 0 radical (unpaired) electrons. The summed E-state index contributed by atoms with van der Waals surface area (Å²) in [5, 5.41) is 1.21. The fourth-order valence-corrected chi connectivity index (χ4v) is 2.68. The van der Waals surface area contributed by atoms with E-state index in [0.717, 1.165) is 5.46 Å². The smallest absolute Gasteiger partial charge is 0.399 e. The van der Waals surface area contributed by atoms with Gasteiger partial charge >= 0.3 is 7.12 Å². The summed E-state index contributed by atoms with van der Waals surface area (Å²) in [5.74, 6) is 0. The topological polar surface area (TPSA) is 23.4 Å². The van der Waals surface area contributed by atoms with Gasteiger partial charge in [-0.1, -0.05) is 12.1 Å². The fraction of sp³-hybridized carbons (Fsp3) is 0.500. The molecule has 3 rings (SSSR count). The average molecular weight is 271 g/mol. The van der Waals surface area contributed by atoms with Crippen molar-refractivity contribution in [3.63, 3.8) is 0 Å². The monoisotopic (exact) mass is 271 g/mol. The summed E-state index contributed by atoms with van der Waals surface area (Å²) in [6, 6.07) is 6.49. The van der Waals surface area contributed by atoms with Gasteiger partial charge in [0, 0.05) is 24.2 Å². The molecule has 0 saturated carbocycles. The Balaban J connectivity index is 2.09. The van der Waals surface area contributed by atoms with E-state index in [-0.39, 0.29) is 18.3 Å². The zero-order valence-electron chi connectivity index (χ0n) is 13.2. The molecule has 2 aromatic rings. The number of aromatic nitrogens is 1. The highest BCUT2D eigenvalue weighted by molar-refractivity contribution is 6.65. The maximum atomic E-state index is 6.17. The van der Waals surface area contributed by atoms with Crippen molar-refractivity contribution >= 4 is 23.5 Å². The minimum absolute atomic E-state index is 0.300. The third-order valence-corrected chi connectivity index (χ3v) is 4.68. The van der Waals surface area contributed by atoms with Crippen LogP contribution in [0.15, 0.2) is 24.4 Å². The zero-order chi connectivity index (χ0) is 14.7. The van der Waals surface area contributed by atoms with Crippen LogP contribution in [0.5, 0.6) is 0 Å². The van der Waals surface area contributed by atoms with Gasteiger partial charge in [-0.2, -0.15) is 0 Å². The van der Waals surface area contributed by atoms with Crippen LogP contribution in [0.1, 0.15) is 33.3 Å². The number of aryl methyl sites for hydroxylation is 2. The zero-order valence-corrected chi connectivity index (χ0v) is 13.2. The second-order valence-corrected chi connectivity index (χ2v) is 6.80. The molecule has 0 N–H and O–H groups in total. The summed E-state index contributed by atoms with van der Waals surface area (Å²) in [6.45, 7) is 10.5. The van der Waals surface area contributed by atoms with E-state index in [1.807, 2.05) is 0 Å². The number of rotatable bonds is 1. The third-order valence-electron chi connectivity index (χ3n) is 4.68. The quantitative estimate of drug-likeness (QED) is 0.744. The molecule has 0 atom stereocenters. The Bertz CT molecular complexity index is 656. The summed E-state index contributed by atoms with van der Waals surface area (Å²) in [7, 11) is 1.77. The maximum absolute atomic E-state index is 6.17. The highest BCUT2D eigenvalue weighted by atomic mass is 16.7. The van der Waals surface area contributed by atoms with E-state index in [9.17, 15) is 0 Å². The van der Waals surface area contributed by atoms with Gasteiger partial charge in [-0.15, -0.1) is 0 Å². The van der Waals surface area contributed by atoms with E-state index < -0.39 is 0 Å². The lowest BCUT2D eigenvalue weighted by molar-refractivity contribution is 0.00578. The van der Waals surface area contributed by atoms with E-state index >= 15 is 0 Å². The summed E-state index contributed by atoms with van der Waals surface area (Å²) >= 11 is 0. The van der Waals surface area contributed by atoms with Gasteiger partial charge in [-0.3, -0.25) is 0 Å². The predicted octanol–water partition coefficient (Wildman–Crippen LogP) is 2.79. The molecule has 20 heavy (non-hydrogen) atoms. The molecule has 0 amide bonds. The minimum atomic E-state index is -0.301. The Labute approximate surface area is 121 Å². The van der Waals surface area contributed by atoms with Crippen LogP contribution in [0.2, 0.25) is 0 Å². The van der Waals surface area contributed by atoms with E-state index in [2.05, 4.69) is 70.6 Å². The van der Waals surface area contributed by atoms with Gasteiger partial charge in [-0.05, 0) is 51.6 Å². The van der Waals surface area contributed by atoms with Crippen molar-refractivity contribution in [1.82, 2.24) is 4.57 Å². The van der Waals surface area contributed by atoms with E-state index in [1.165, 1.54) is 16.5 Å². The molecule has 0 bridgehead atoms. The number of fused-ring (bicyclic) bond motifs is 1. The number of nitrogens with zero attached hydrogens (tertiary/aromatic N) is 1. The largest absolute Gasteiger partial charge is 0.497 e. The number of hydrogen-bond acceptors (Lipinski definition) is 2. The van der Waals surface area contributed by atoms with Crippen LogP contribution in [0, 0.1) is 6.92 Å². The highest BCUT2D eigenvalue weighted by Crippen LogP contribution is 2.37. The van der Waals surface area contributed by atoms with Gasteiger partial charge in [-0.25, -0.2) is 0 Å².